The highest BCUT2D eigenvalue weighted by atomic mass is 16.3. The van der Waals surface area contributed by atoms with Crippen LogP contribution in [0, 0.1) is 10.8 Å². The molecule has 4 nitrogen and oxygen atoms in total. The van der Waals surface area contributed by atoms with Crippen molar-refractivity contribution in [1.29, 1.82) is 0 Å². The Labute approximate surface area is 132 Å². The van der Waals surface area contributed by atoms with Gasteiger partial charge in [-0.2, -0.15) is 0 Å². The Bertz CT molecular complexity index is 522. The summed E-state index contributed by atoms with van der Waals surface area (Å²) in [5.74, 6) is 1.71. The number of furan rings is 1. The molecule has 4 aliphatic heterocycles. The summed E-state index contributed by atoms with van der Waals surface area (Å²) in [5.41, 5.74) is -0.123. The number of piperidine rings is 2. The summed E-state index contributed by atoms with van der Waals surface area (Å²) < 4.78 is 5.75. The van der Waals surface area contributed by atoms with E-state index in [1.54, 1.807) is 16.1 Å². The topological polar surface area (TPSA) is 39.1 Å². The van der Waals surface area contributed by atoms with E-state index in [-0.39, 0.29) is 10.8 Å². The van der Waals surface area contributed by atoms with Crippen LogP contribution < -0.4 is 9.80 Å². The zero-order chi connectivity index (χ0) is 15.4. The van der Waals surface area contributed by atoms with Crippen LogP contribution >= 0.6 is 0 Å². The summed E-state index contributed by atoms with van der Waals surface area (Å²) in [4.78, 5) is 16.5. The Hall–Kier alpha value is -1.13. The van der Waals surface area contributed by atoms with Crippen molar-refractivity contribution in [2.24, 2.45) is 10.8 Å². The molecule has 1 aromatic heterocycles. The van der Waals surface area contributed by atoms with E-state index in [1.165, 1.54) is 0 Å². The van der Waals surface area contributed by atoms with Crippen LogP contribution in [-0.4, -0.2) is 32.0 Å². The summed E-state index contributed by atoms with van der Waals surface area (Å²) in [7, 11) is 0. The van der Waals surface area contributed by atoms with Gasteiger partial charge in [-0.3, -0.25) is 14.6 Å². The highest BCUT2D eigenvalue weighted by Crippen LogP contribution is 2.42. The normalized spacial score (nSPS) is 43.0. The van der Waals surface area contributed by atoms with Gasteiger partial charge in [0.15, 0.2) is 5.78 Å². The summed E-state index contributed by atoms with van der Waals surface area (Å²) in [6.07, 6.45) is 6.54. The molecule has 4 aliphatic rings. The maximum absolute atomic E-state index is 13.3. The molecule has 5 rings (SSSR count). The van der Waals surface area contributed by atoms with Crippen LogP contribution in [-0.2, 0) is 4.79 Å². The third kappa shape index (κ3) is 1.80. The van der Waals surface area contributed by atoms with Crippen molar-refractivity contribution in [3.63, 3.8) is 0 Å². The van der Waals surface area contributed by atoms with E-state index in [4.69, 9.17) is 4.42 Å². The first-order chi connectivity index (χ1) is 10.6. The van der Waals surface area contributed by atoms with Crippen molar-refractivity contribution in [3.05, 3.63) is 24.2 Å². The lowest BCUT2D eigenvalue weighted by Crippen LogP contribution is -3.41. The molecule has 0 spiro atoms. The second kappa shape index (κ2) is 4.93. The van der Waals surface area contributed by atoms with Gasteiger partial charge in [0.05, 0.1) is 6.26 Å². The number of ketones is 1. The Morgan fingerprint density at radius 1 is 1.09 bits per heavy atom. The zero-order valence-electron chi connectivity index (χ0n) is 13.8. The first kappa shape index (κ1) is 14.5. The van der Waals surface area contributed by atoms with E-state index in [1.807, 2.05) is 6.07 Å². The van der Waals surface area contributed by atoms with Gasteiger partial charge < -0.3 is 4.42 Å². The highest BCUT2D eigenvalue weighted by molar-refractivity contribution is 5.92. The summed E-state index contributed by atoms with van der Waals surface area (Å²) >= 11 is 0. The van der Waals surface area contributed by atoms with Crippen molar-refractivity contribution in [3.8, 4) is 0 Å². The summed E-state index contributed by atoms with van der Waals surface area (Å²) in [6.45, 7) is 8.50. The van der Waals surface area contributed by atoms with Crippen LogP contribution in [0.1, 0.15) is 51.5 Å². The molecule has 120 valence electrons. The van der Waals surface area contributed by atoms with Crippen molar-refractivity contribution >= 4 is 5.78 Å². The van der Waals surface area contributed by atoms with Crippen LogP contribution in [0.25, 0.3) is 0 Å². The first-order valence-electron chi connectivity index (χ1n) is 8.92. The summed E-state index contributed by atoms with van der Waals surface area (Å²) in [6, 6.07) is 4.12. The minimum Gasteiger partial charge on any atom is -0.457 e. The molecule has 0 radical (unpaired) electrons. The predicted octanol–water partition coefficient (Wildman–Crippen LogP) is 0.231. The van der Waals surface area contributed by atoms with Crippen molar-refractivity contribution < 1.29 is 19.0 Å². The van der Waals surface area contributed by atoms with Gasteiger partial charge in [-0.05, 0) is 25.0 Å². The maximum Gasteiger partial charge on any atom is 0.273 e. The quantitative estimate of drug-likeness (QED) is 0.817. The largest absolute Gasteiger partial charge is 0.457 e. The van der Waals surface area contributed by atoms with E-state index in [0.717, 1.165) is 57.6 Å². The van der Waals surface area contributed by atoms with Crippen LogP contribution in [0.3, 0.4) is 0 Å². The lowest BCUT2D eigenvalue weighted by atomic mass is 9.57. The molecule has 0 saturated carbocycles. The number of hydrogen-bond acceptors (Lipinski definition) is 2. The molecule has 0 amide bonds. The first-order valence-corrected chi connectivity index (χ1v) is 8.92. The van der Waals surface area contributed by atoms with Crippen LogP contribution in [0.2, 0.25) is 0 Å². The molecule has 5 heterocycles. The molecular weight excluding hydrogens is 276 g/mol. The van der Waals surface area contributed by atoms with E-state index in [2.05, 4.69) is 19.9 Å². The number of nitrogens with one attached hydrogen (secondary N) is 2. The van der Waals surface area contributed by atoms with E-state index in [9.17, 15) is 4.79 Å². The zero-order valence-corrected chi connectivity index (χ0v) is 13.8. The molecule has 22 heavy (non-hydrogen) atoms. The highest BCUT2D eigenvalue weighted by Gasteiger charge is 2.71. The molecule has 0 aromatic carbocycles. The predicted molar refractivity (Wildman–Crippen MR) is 82.5 cm³/mol. The third-order valence-electron chi connectivity index (χ3n) is 6.33. The number of carbonyl (C=O) groups is 1. The van der Waals surface area contributed by atoms with Crippen molar-refractivity contribution in [1.82, 2.24) is 0 Å². The number of quaternary nitrogens is 2. The smallest absolute Gasteiger partial charge is 0.273 e. The SMILES string of the molecule is CCCC12C[NH+]3CC(CCC)(C[NH+](C1)C3c1ccco1)C2=O. The molecule has 4 heteroatoms. The average Bonchev–Trinajstić information content (AvgIpc) is 2.98. The van der Waals surface area contributed by atoms with Crippen LogP contribution in [0.4, 0.5) is 0 Å². The summed E-state index contributed by atoms with van der Waals surface area (Å²) in [5, 5.41) is 0. The molecule has 0 aliphatic carbocycles. The van der Waals surface area contributed by atoms with Gasteiger partial charge in [-0.25, -0.2) is 0 Å². The monoisotopic (exact) mass is 304 g/mol. The van der Waals surface area contributed by atoms with Gasteiger partial charge in [-0.15, -0.1) is 0 Å². The second-order valence-electron chi connectivity index (χ2n) is 7.86. The van der Waals surface area contributed by atoms with Gasteiger partial charge in [0, 0.05) is 0 Å². The number of carbonyl (C=O) groups excluding carboxylic acids is 1. The lowest BCUT2D eigenvalue weighted by molar-refractivity contribution is -1.18. The molecule has 1 aromatic rings. The number of hydrogen-bond donors (Lipinski definition) is 2. The van der Waals surface area contributed by atoms with Crippen LogP contribution in [0.15, 0.2) is 22.8 Å². The molecule has 4 bridgehead atoms. The second-order valence-corrected chi connectivity index (χ2v) is 7.86. The number of rotatable bonds is 5. The van der Waals surface area contributed by atoms with Crippen molar-refractivity contribution in [2.45, 2.75) is 45.7 Å². The molecule has 0 unspecified atom stereocenters. The van der Waals surface area contributed by atoms with Gasteiger partial charge in [0.25, 0.3) is 6.17 Å². The van der Waals surface area contributed by atoms with E-state index >= 15 is 0 Å². The van der Waals surface area contributed by atoms with Crippen molar-refractivity contribution in [2.75, 3.05) is 26.2 Å². The number of Topliss-reactive ketones (excluding diaryl/α,β-unsaturated/α-hetero) is 1. The lowest BCUT2D eigenvalue weighted by Gasteiger charge is -2.60. The Morgan fingerprint density at radius 2 is 1.64 bits per heavy atom. The standard InChI is InChI=1S/C18H26N2O2/c1-3-7-17-10-19-12-18(8-4-2,16(17)21)13-20(11-17)15(19)14-6-5-9-22-14/h5-6,9,15H,3-4,7-8,10-13H2,1-2H3/p+2. The fourth-order valence-corrected chi connectivity index (χ4v) is 5.96. The minimum absolute atomic E-state index is 0.0613. The van der Waals surface area contributed by atoms with E-state index < -0.39 is 0 Å². The Morgan fingerprint density at radius 3 is 2.05 bits per heavy atom. The Kier molecular flexibility index (Phi) is 3.24. The maximum atomic E-state index is 13.3. The fraction of sp³-hybridized carbons (Fsp3) is 0.722. The average molecular weight is 304 g/mol. The van der Waals surface area contributed by atoms with Gasteiger partial charge in [0.2, 0.25) is 5.76 Å². The molecule has 2 N–H and O–H groups in total. The molecular formula is C18H28N2O2+2. The Balaban J connectivity index is 1.73. The fourth-order valence-electron chi connectivity index (χ4n) is 5.96. The molecule has 0 atom stereocenters. The van der Waals surface area contributed by atoms with E-state index in [0.29, 0.717) is 11.9 Å². The van der Waals surface area contributed by atoms with Gasteiger partial charge in [0.1, 0.15) is 37.0 Å². The third-order valence-corrected chi connectivity index (χ3v) is 6.33. The van der Waals surface area contributed by atoms with Gasteiger partial charge >= 0.3 is 0 Å². The molecule has 4 saturated heterocycles. The molecule has 4 fully saturated rings. The minimum atomic E-state index is -0.0613. The van der Waals surface area contributed by atoms with Crippen LogP contribution in [0.5, 0.6) is 0 Å². The van der Waals surface area contributed by atoms with Gasteiger partial charge in [-0.1, -0.05) is 26.7 Å².